The first-order valence-electron chi connectivity index (χ1n) is 10.9. The largest absolute Gasteiger partial charge is 0.369 e. The first kappa shape index (κ1) is 21.5. The maximum Gasteiger partial charge on any atom is 0.201 e. The van der Waals surface area contributed by atoms with Gasteiger partial charge >= 0.3 is 0 Å². The van der Waals surface area contributed by atoms with Gasteiger partial charge in [0.25, 0.3) is 0 Å². The molecule has 0 atom stereocenters. The number of halogens is 1. The number of hydrogen-bond acceptors (Lipinski definition) is 4. The average molecular weight is 442 g/mol. The van der Waals surface area contributed by atoms with Gasteiger partial charge in [0.1, 0.15) is 17.6 Å². The first-order chi connectivity index (χ1) is 16.2. The van der Waals surface area contributed by atoms with Crippen molar-refractivity contribution in [1.82, 2.24) is 0 Å². The van der Waals surface area contributed by atoms with Crippen LogP contribution in [0.25, 0.3) is 11.3 Å². The van der Waals surface area contributed by atoms with Crippen LogP contribution in [0.5, 0.6) is 0 Å². The van der Waals surface area contributed by atoms with Gasteiger partial charge in [-0.05, 0) is 35.4 Å². The number of nitrogens with zero attached hydrogens (tertiary/aromatic N) is 1. The van der Waals surface area contributed by atoms with Crippen molar-refractivity contribution < 1.29 is 18.6 Å². The summed E-state index contributed by atoms with van der Waals surface area (Å²) in [5.74, 6) is -0.290. The SMILES string of the molecule is C=C1C(C2OCC(OCc3ccccc3)CO2)=NC(c2ccc(F)cc2)=C1c1ccccc1. The van der Waals surface area contributed by atoms with Crippen molar-refractivity contribution >= 4 is 17.0 Å². The van der Waals surface area contributed by atoms with Crippen LogP contribution < -0.4 is 0 Å². The number of rotatable bonds is 6. The molecule has 0 bridgehead atoms. The van der Waals surface area contributed by atoms with Crippen LogP contribution in [0.3, 0.4) is 0 Å². The van der Waals surface area contributed by atoms with Gasteiger partial charge in [0.15, 0.2) is 0 Å². The molecule has 0 unspecified atom stereocenters. The van der Waals surface area contributed by atoms with Crippen molar-refractivity contribution in [2.75, 3.05) is 13.2 Å². The molecule has 4 nitrogen and oxygen atoms in total. The van der Waals surface area contributed by atoms with Crippen LogP contribution in [-0.2, 0) is 20.8 Å². The minimum atomic E-state index is -0.634. The molecular formula is C28H24FNO3. The number of benzene rings is 3. The molecule has 2 aliphatic heterocycles. The average Bonchev–Trinajstić information content (AvgIpc) is 3.21. The van der Waals surface area contributed by atoms with Gasteiger partial charge in [-0.3, -0.25) is 0 Å². The van der Waals surface area contributed by atoms with E-state index in [9.17, 15) is 4.39 Å². The molecule has 1 fully saturated rings. The van der Waals surface area contributed by atoms with Crippen LogP contribution in [0.15, 0.2) is 102 Å². The summed E-state index contributed by atoms with van der Waals surface area (Å²) in [6.07, 6.45) is -0.791. The van der Waals surface area contributed by atoms with Gasteiger partial charge in [0.05, 0.1) is 25.5 Å². The fourth-order valence-electron chi connectivity index (χ4n) is 3.97. The van der Waals surface area contributed by atoms with Crippen LogP contribution in [0.2, 0.25) is 0 Å². The van der Waals surface area contributed by atoms with E-state index in [4.69, 9.17) is 19.2 Å². The fraction of sp³-hybridized carbons (Fsp3) is 0.179. The van der Waals surface area contributed by atoms with Gasteiger partial charge < -0.3 is 14.2 Å². The molecule has 0 aliphatic carbocycles. The Morgan fingerprint density at radius 1 is 0.848 bits per heavy atom. The number of hydrogen-bond donors (Lipinski definition) is 0. The highest BCUT2D eigenvalue weighted by Crippen LogP contribution is 2.40. The van der Waals surface area contributed by atoms with Crippen molar-refractivity contribution in [2.45, 2.75) is 19.0 Å². The summed E-state index contributed by atoms with van der Waals surface area (Å²) in [5, 5.41) is 0. The fourth-order valence-corrected chi connectivity index (χ4v) is 3.97. The lowest BCUT2D eigenvalue weighted by Gasteiger charge is -2.30. The third-order valence-electron chi connectivity index (χ3n) is 5.68. The molecule has 2 heterocycles. The highest BCUT2D eigenvalue weighted by Gasteiger charge is 2.34. The zero-order valence-electron chi connectivity index (χ0n) is 18.1. The first-order valence-corrected chi connectivity index (χ1v) is 10.9. The summed E-state index contributed by atoms with van der Waals surface area (Å²) in [7, 11) is 0. The maximum atomic E-state index is 13.5. The monoisotopic (exact) mass is 441 g/mol. The van der Waals surface area contributed by atoms with E-state index < -0.39 is 6.29 Å². The molecule has 0 N–H and O–H groups in total. The van der Waals surface area contributed by atoms with Gasteiger partial charge in [0.2, 0.25) is 6.29 Å². The summed E-state index contributed by atoms with van der Waals surface area (Å²) in [5.41, 5.74) is 5.91. The van der Waals surface area contributed by atoms with Gasteiger partial charge in [-0.15, -0.1) is 0 Å². The van der Waals surface area contributed by atoms with Gasteiger partial charge in [-0.25, -0.2) is 9.38 Å². The third kappa shape index (κ3) is 4.71. The second kappa shape index (κ2) is 9.63. The van der Waals surface area contributed by atoms with Gasteiger partial charge in [-0.1, -0.05) is 67.2 Å². The van der Waals surface area contributed by atoms with E-state index in [1.54, 1.807) is 12.1 Å². The molecule has 0 saturated carbocycles. The second-order valence-corrected chi connectivity index (χ2v) is 7.99. The van der Waals surface area contributed by atoms with Crippen molar-refractivity contribution in [3.8, 4) is 0 Å². The minimum Gasteiger partial charge on any atom is -0.369 e. The Bertz CT molecular complexity index is 1180. The molecule has 2 aliphatic rings. The van der Waals surface area contributed by atoms with Crippen LogP contribution in [-0.4, -0.2) is 31.3 Å². The Hall–Kier alpha value is -3.38. The molecule has 0 aromatic heterocycles. The number of aliphatic imine (C=N–C) groups is 1. The summed E-state index contributed by atoms with van der Waals surface area (Å²) in [6, 6.07) is 26.3. The topological polar surface area (TPSA) is 40.0 Å². The lowest BCUT2D eigenvalue weighted by Crippen LogP contribution is -2.41. The van der Waals surface area contributed by atoms with Crippen LogP contribution in [0.1, 0.15) is 16.7 Å². The normalized spacial score (nSPS) is 20.8. The maximum absolute atomic E-state index is 13.5. The van der Waals surface area contributed by atoms with E-state index in [2.05, 4.69) is 6.58 Å². The minimum absolute atomic E-state index is 0.158. The molecule has 0 spiro atoms. The van der Waals surface area contributed by atoms with Crippen molar-refractivity contribution in [1.29, 1.82) is 0 Å². The van der Waals surface area contributed by atoms with Crippen molar-refractivity contribution in [3.63, 3.8) is 0 Å². The van der Waals surface area contributed by atoms with Crippen molar-refractivity contribution in [2.24, 2.45) is 4.99 Å². The molecule has 1 saturated heterocycles. The Morgan fingerprint density at radius 2 is 1.48 bits per heavy atom. The lowest BCUT2D eigenvalue weighted by atomic mass is 9.94. The highest BCUT2D eigenvalue weighted by molar-refractivity contribution is 6.25. The smallest absolute Gasteiger partial charge is 0.201 e. The lowest BCUT2D eigenvalue weighted by molar-refractivity contribution is -0.198. The molecule has 3 aromatic carbocycles. The van der Waals surface area contributed by atoms with Crippen LogP contribution in [0.4, 0.5) is 4.39 Å². The van der Waals surface area contributed by atoms with Gasteiger partial charge in [0, 0.05) is 16.7 Å². The van der Waals surface area contributed by atoms with Crippen molar-refractivity contribution in [3.05, 3.63) is 120 Å². The number of ether oxygens (including phenoxy) is 3. The molecule has 0 radical (unpaired) electrons. The molecule has 5 rings (SSSR count). The van der Waals surface area contributed by atoms with E-state index in [1.165, 1.54) is 12.1 Å². The predicted octanol–water partition coefficient (Wildman–Crippen LogP) is 5.66. The molecular weight excluding hydrogens is 417 g/mol. The standard InChI is InChI=1S/C28H24FNO3/c1-19-25(21-10-6-3-7-11-21)27(22-12-14-23(29)15-13-22)30-26(19)28-32-17-24(18-33-28)31-16-20-8-4-2-5-9-20/h2-15,24,28H,1,16-18H2. The molecule has 0 amide bonds. The van der Waals surface area contributed by atoms with Crippen LogP contribution in [0, 0.1) is 5.82 Å². The number of allylic oxidation sites excluding steroid dienone is 1. The van der Waals surface area contributed by atoms with E-state index >= 15 is 0 Å². The van der Waals surface area contributed by atoms with Crippen LogP contribution >= 0.6 is 0 Å². The third-order valence-corrected chi connectivity index (χ3v) is 5.68. The summed E-state index contributed by atoms with van der Waals surface area (Å²) in [6.45, 7) is 5.61. The predicted molar refractivity (Wildman–Crippen MR) is 127 cm³/mol. The second-order valence-electron chi connectivity index (χ2n) is 7.99. The zero-order valence-corrected chi connectivity index (χ0v) is 18.1. The van der Waals surface area contributed by atoms with Gasteiger partial charge in [-0.2, -0.15) is 0 Å². The van der Waals surface area contributed by atoms with E-state index in [0.29, 0.717) is 25.5 Å². The van der Waals surface area contributed by atoms with E-state index in [0.717, 1.165) is 33.5 Å². The Morgan fingerprint density at radius 3 is 2.15 bits per heavy atom. The molecule has 33 heavy (non-hydrogen) atoms. The van der Waals surface area contributed by atoms with E-state index in [1.807, 2.05) is 60.7 Å². The molecule has 166 valence electrons. The molecule has 5 heteroatoms. The Balaban J connectivity index is 1.33. The Kier molecular flexibility index (Phi) is 6.26. The summed E-state index contributed by atoms with van der Waals surface area (Å²) < 4.78 is 31.5. The van der Waals surface area contributed by atoms with E-state index in [-0.39, 0.29) is 11.9 Å². The summed E-state index contributed by atoms with van der Waals surface area (Å²) >= 11 is 0. The Labute approximate surface area is 192 Å². The summed E-state index contributed by atoms with van der Waals surface area (Å²) in [4.78, 5) is 4.85. The zero-order chi connectivity index (χ0) is 22.6. The highest BCUT2D eigenvalue weighted by atomic mass is 19.1. The molecule has 3 aromatic rings. The quantitative estimate of drug-likeness (QED) is 0.495.